The molecule has 0 saturated heterocycles. The van der Waals surface area contributed by atoms with Gasteiger partial charge in [-0.25, -0.2) is 17.5 Å². The van der Waals surface area contributed by atoms with Crippen LogP contribution in [0, 0.1) is 11.7 Å². The number of allylic oxidation sites excluding steroid dienone is 2. The van der Waals surface area contributed by atoms with Crippen LogP contribution in [0.15, 0.2) is 45.8 Å². The van der Waals surface area contributed by atoms with E-state index in [9.17, 15) is 12.8 Å². The third kappa shape index (κ3) is 4.02. The molecule has 3 rings (SSSR count). The highest BCUT2D eigenvalue weighted by Gasteiger charge is 2.17. The van der Waals surface area contributed by atoms with Crippen molar-refractivity contribution in [3.63, 3.8) is 0 Å². The van der Waals surface area contributed by atoms with Crippen molar-refractivity contribution in [3.05, 3.63) is 53.9 Å². The van der Waals surface area contributed by atoms with E-state index < -0.39 is 15.8 Å². The van der Waals surface area contributed by atoms with E-state index >= 15 is 0 Å². The van der Waals surface area contributed by atoms with Gasteiger partial charge in [0, 0.05) is 6.42 Å². The smallest absolute Gasteiger partial charge is 0.240 e. The summed E-state index contributed by atoms with van der Waals surface area (Å²) in [4.78, 5) is 4.17. The maximum Gasteiger partial charge on any atom is 0.240 e. The lowest BCUT2D eigenvalue weighted by molar-refractivity contribution is 0.359. The van der Waals surface area contributed by atoms with Gasteiger partial charge in [0.15, 0.2) is 5.82 Å². The quantitative estimate of drug-likeness (QED) is 0.817. The molecule has 1 aliphatic rings. The molecule has 8 heteroatoms. The average molecular weight is 337 g/mol. The fraction of sp³-hybridized carbons (Fsp3) is 0.333. The minimum atomic E-state index is -3.74. The van der Waals surface area contributed by atoms with Crippen LogP contribution in [0.1, 0.15) is 24.6 Å². The average Bonchev–Trinajstić information content (AvgIpc) is 3.18. The summed E-state index contributed by atoms with van der Waals surface area (Å²) in [5.74, 6) is 0.678. The molecule has 0 aliphatic heterocycles. The minimum absolute atomic E-state index is 0.0151. The summed E-state index contributed by atoms with van der Waals surface area (Å²) in [5.41, 5.74) is 0. The Balaban J connectivity index is 1.60. The standard InChI is InChI=1S/C15H16FN3O3S/c16-12-5-7-13(8-6-12)23(20,21)17-10-14-18-15(22-19-14)9-11-3-1-2-4-11/h1,3,5-8,11,17H,2,4,9-10H2/t11-/m1/s1. The summed E-state index contributed by atoms with van der Waals surface area (Å²) in [6.07, 6.45) is 7.03. The number of hydrogen-bond donors (Lipinski definition) is 1. The molecule has 0 saturated carbocycles. The molecule has 1 atom stereocenters. The van der Waals surface area contributed by atoms with E-state index in [1.165, 1.54) is 12.1 Å². The van der Waals surface area contributed by atoms with Crippen LogP contribution < -0.4 is 4.72 Å². The van der Waals surface area contributed by atoms with E-state index in [1.54, 1.807) is 0 Å². The molecule has 0 fully saturated rings. The first-order chi connectivity index (χ1) is 11.0. The van der Waals surface area contributed by atoms with Crippen molar-refractivity contribution in [1.29, 1.82) is 0 Å². The van der Waals surface area contributed by atoms with E-state index in [0.717, 1.165) is 25.0 Å². The van der Waals surface area contributed by atoms with Crippen LogP contribution in [-0.4, -0.2) is 18.6 Å². The lowest BCUT2D eigenvalue weighted by Crippen LogP contribution is -2.23. The van der Waals surface area contributed by atoms with Crippen LogP contribution in [-0.2, 0) is 23.0 Å². The molecule has 0 unspecified atom stereocenters. The number of aromatic nitrogens is 2. The van der Waals surface area contributed by atoms with Crippen molar-refractivity contribution in [1.82, 2.24) is 14.9 Å². The summed E-state index contributed by atoms with van der Waals surface area (Å²) in [7, 11) is -3.74. The summed E-state index contributed by atoms with van der Waals surface area (Å²) < 4.78 is 44.5. The second kappa shape index (κ2) is 6.59. The lowest BCUT2D eigenvalue weighted by Gasteiger charge is -2.04. The molecule has 1 aromatic heterocycles. The largest absolute Gasteiger partial charge is 0.339 e. The van der Waals surface area contributed by atoms with Gasteiger partial charge in [0.1, 0.15) is 5.82 Å². The van der Waals surface area contributed by atoms with Gasteiger partial charge in [0.2, 0.25) is 15.9 Å². The third-order valence-corrected chi connectivity index (χ3v) is 5.02. The molecule has 1 aliphatic carbocycles. The third-order valence-electron chi connectivity index (χ3n) is 3.60. The second-order valence-corrected chi connectivity index (χ2v) is 7.12. The Morgan fingerprint density at radius 1 is 1.30 bits per heavy atom. The van der Waals surface area contributed by atoms with Gasteiger partial charge >= 0.3 is 0 Å². The van der Waals surface area contributed by atoms with Gasteiger partial charge in [0.25, 0.3) is 0 Å². The first-order valence-corrected chi connectivity index (χ1v) is 8.74. The zero-order valence-corrected chi connectivity index (χ0v) is 13.1. The Morgan fingerprint density at radius 2 is 2.09 bits per heavy atom. The van der Waals surface area contributed by atoms with Crippen LogP contribution in [0.25, 0.3) is 0 Å². The molecule has 1 N–H and O–H groups in total. The van der Waals surface area contributed by atoms with Crippen LogP contribution >= 0.6 is 0 Å². The molecule has 122 valence electrons. The number of halogens is 1. The zero-order chi connectivity index (χ0) is 16.3. The number of nitrogens with zero attached hydrogens (tertiary/aromatic N) is 2. The van der Waals surface area contributed by atoms with Crippen molar-refractivity contribution < 1.29 is 17.3 Å². The first kappa shape index (κ1) is 15.8. The molecular weight excluding hydrogens is 321 g/mol. The summed E-state index contributed by atoms with van der Waals surface area (Å²) in [6, 6.07) is 4.59. The predicted octanol–water partition coefficient (Wildman–Crippen LogP) is 2.20. The molecule has 1 heterocycles. The highest BCUT2D eigenvalue weighted by atomic mass is 32.2. The fourth-order valence-electron chi connectivity index (χ4n) is 2.39. The summed E-state index contributed by atoms with van der Waals surface area (Å²) in [6.45, 7) is -0.0796. The Kier molecular flexibility index (Phi) is 4.53. The summed E-state index contributed by atoms with van der Waals surface area (Å²) in [5, 5.41) is 3.77. The number of rotatable bonds is 6. The predicted molar refractivity (Wildman–Crippen MR) is 80.3 cm³/mol. The molecule has 2 aromatic rings. The van der Waals surface area contributed by atoms with Gasteiger partial charge < -0.3 is 4.52 Å². The van der Waals surface area contributed by atoms with Crippen molar-refractivity contribution in [2.45, 2.75) is 30.7 Å². The van der Waals surface area contributed by atoms with Crippen LogP contribution in [0.3, 0.4) is 0 Å². The highest BCUT2D eigenvalue weighted by Crippen LogP contribution is 2.20. The Bertz CT molecular complexity index is 800. The maximum atomic E-state index is 12.8. The molecule has 0 radical (unpaired) electrons. The number of sulfonamides is 1. The van der Waals surface area contributed by atoms with E-state index in [2.05, 4.69) is 27.0 Å². The number of hydrogen-bond acceptors (Lipinski definition) is 5. The van der Waals surface area contributed by atoms with Gasteiger partial charge in [-0.1, -0.05) is 17.3 Å². The van der Waals surface area contributed by atoms with Crippen molar-refractivity contribution in [2.75, 3.05) is 0 Å². The number of benzene rings is 1. The molecule has 0 amide bonds. The van der Waals surface area contributed by atoms with Crippen molar-refractivity contribution >= 4 is 10.0 Å². The van der Waals surface area contributed by atoms with E-state index in [1.807, 2.05) is 0 Å². The van der Waals surface area contributed by atoms with Crippen molar-refractivity contribution in [2.24, 2.45) is 5.92 Å². The monoisotopic (exact) mass is 337 g/mol. The van der Waals surface area contributed by atoms with E-state index in [-0.39, 0.29) is 17.3 Å². The SMILES string of the molecule is O=S(=O)(NCc1noc(C[C@@H]2C=CCC2)n1)c1ccc(F)cc1. The molecule has 0 spiro atoms. The van der Waals surface area contributed by atoms with Gasteiger partial charge in [0.05, 0.1) is 11.4 Å². The fourth-order valence-corrected chi connectivity index (χ4v) is 3.37. The van der Waals surface area contributed by atoms with E-state index in [0.29, 0.717) is 18.2 Å². The second-order valence-electron chi connectivity index (χ2n) is 5.35. The van der Waals surface area contributed by atoms with Crippen LogP contribution in [0.2, 0.25) is 0 Å². The van der Waals surface area contributed by atoms with Crippen LogP contribution in [0.5, 0.6) is 0 Å². The normalized spacial score (nSPS) is 17.7. The zero-order valence-electron chi connectivity index (χ0n) is 12.3. The van der Waals surface area contributed by atoms with Gasteiger partial charge in [-0.3, -0.25) is 0 Å². The Morgan fingerprint density at radius 3 is 2.78 bits per heavy atom. The van der Waals surface area contributed by atoms with Gasteiger partial charge in [-0.05, 0) is 43.0 Å². The molecule has 0 bridgehead atoms. The Labute approximate surface area is 133 Å². The highest BCUT2D eigenvalue weighted by molar-refractivity contribution is 7.89. The molecule has 6 nitrogen and oxygen atoms in total. The lowest BCUT2D eigenvalue weighted by atomic mass is 10.1. The van der Waals surface area contributed by atoms with E-state index in [4.69, 9.17) is 4.52 Å². The van der Waals surface area contributed by atoms with Gasteiger partial charge in [-0.2, -0.15) is 4.98 Å². The topological polar surface area (TPSA) is 85.1 Å². The first-order valence-electron chi connectivity index (χ1n) is 7.26. The Hall–Kier alpha value is -2.06. The molecule has 23 heavy (non-hydrogen) atoms. The molecule has 1 aromatic carbocycles. The molecular formula is C15H16FN3O3S. The van der Waals surface area contributed by atoms with Crippen LogP contribution in [0.4, 0.5) is 4.39 Å². The summed E-state index contributed by atoms with van der Waals surface area (Å²) >= 11 is 0. The number of nitrogens with one attached hydrogen (secondary N) is 1. The van der Waals surface area contributed by atoms with Crippen molar-refractivity contribution in [3.8, 4) is 0 Å². The minimum Gasteiger partial charge on any atom is -0.339 e. The maximum absolute atomic E-state index is 12.8. The van der Waals surface area contributed by atoms with Gasteiger partial charge in [-0.15, -0.1) is 0 Å².